The number of aliphatic hydroxyl groups is 1. The highest BCUT2D eigenvalue weighted by molar-refractivity contribution is 5.28. The Morgan fingerprint density at radius 3 is 2.05 bits per heavy atom. The molecule has 0 saturated carbocycles. The van der Waals surface area contributed by atoms with Crippen LogP contribution in [0.25, 0.3) is 0 Å². The summed E-state index contributed by atoms with van der Waals surface area (Å²) in [4.78, 5) is 0. The molecule has 1 unspecified atom stereocenters. The van der Waals surface area contributed by atoms with Gasteiger partial charge in [0.2, 0.25) is 0 Å². The van der Waals surface area contributed by atoms with Crippen molar-refractivity contribution in [2.45, 2.75) is 69.4 Å². The van der Waals surface area contributed by atoms with Crippen LogP contribution in [0.15, 0.2) is 24.3 Å². The van der Waals surface area contributed by atoms with E-state index in [0.29, 0.717) is 12.8 Å². The monoisotopic (exact) mass is 290 g/mol. The largest absolute Gasteiger partial charge is 0.385 e. The topological polar surface area (TPSA) is 47.9 Å². The second-order valence-electron chi connectivity index (χ2n) is 7.08. The van der Waals surface area contributed by atoms with E-state index in [1.807, 2.05) is 38.1 Å². The molecule has 2 bridgehead atoms. The van der Waals surface area contributed by atoms with Crippen LogP contribution in [0, 0.1) is 6.92 Å². The molecule has 4 heteroatoms. The van der Waals surface area contributed by atoms with E-state index >= 15 is 0 Å². The molecule has 0 spiro atoms. The molecule has 3 saturated heterocycles. The molecule has 4 rings (SSSR count). The first-order chi connectivity index (χ1) is 9.86. The third kappa shape index (κ3) is 2.13. The molecule has 3 heterocycles. The van der Waals surface area contributed by atoms with Gasteiger partial charge in [-0.3, -0.25) is 0 Å². The van der Waals surface area contributed by atoms with Crippen LogP contribution < -0.4 is 0 Å². The predicted octanol–water partition coefficient (Wildman–Crippen LogP) is 2.26. The molecule has 3 aliphatic rings. The number of ether oxygens (including phenoxy) is 3. The van der Waals surface area contributed by atoms with Crippen molar-refractivity contribution in [1.82, 2.24) is 0 Å². The number of hydrogen-bond donors (Lipinski definition) is 1. The highest BCUT2D eigenvalue weighted by Gasteiger charge is 2.60. The predicted molar refractivity (Wildman–Crippen MR) is 76.8 cm³/mol. The van der Waals surface area contributed by atoms with Gasteiger partial charge in [0.05, 0.1) is 17.8 Å². The van der Waals surface area contributed by atoms with E-state index in [-0.39, 0.29) is 24.4 Å². The Balaban J connectivity index is 1.62. The summed E-state index contributed by atoms with van der Waals surface area (Å²) in [5, 5.41) is 11.1. The number of benzene rings is 1. The summed E-state index contributed by atoms with van der Waals surface area (Å²) in [5.41, 5.74) is 1.32. The molecule has 0 aromatic heterocycles. The van der Waals surface area contributed by atoms with Crippen molar-refractivity contribution < 1.29 is 19.3 Å². The van der Waals surface area contributed by atoms with Gasteiger partial charge in [0.15, 0.2) is 5.79 Å². The van der Waals surface area contributed by atoms with E-state index in [0.717, 1.165) is 5.56 Å². The summed E-state index contributed by atoms with van der Waals surface area (Å²) in [5.74, 6) is -0.547. The maximum atomic E-state index is 11.1. The molecule has 0 amide bonds. The van der Waals surface area contributed by atoms with E-state index in [1.165, 1.54) is 5.56 Å². The van der Waals surface area contributed by atoms with Gasteiger partial charge < -0.3 is 19.3 Å². The van der Waals surface area contributed by atoms with Gasteiger partial charge in [0.25, 0.3) is 0 Å². The Labute approximate surface area is 125 Å². The van der Waals surface area contributed by atoms with E-state index in [9.17, 15) is 5.11 Å². The first kappa shape index (κ1) is 13.7. The van der Waals surface area contributed by atoms with Crippen molar-refractivity contribution >= 4 is 0 Å². The van der Waals surface area contributed by atoms with Crippen LogP contribution in [0.4, 0.5) is 0 Å². The fraction of sp³-hybridized carbons (Fsp3) is 0.647. The van der Waals surface area contributed by atoms with Gasteiger partial charge in [-0.15, -0.1) is 0 Å². The minimum absolute atomic E-state index is 0.0653. The third-order valence-electron chi connectivity index (χ3n) is 4.91. The summed E-state index contributed by atoms with van der Waals surface area (Å²) in [6.07, 6.45) is 0.804. The van der Waals surface area contributed by atoms with Gasteiger partial charge in [-0.25, -0.2) is 0 Å². The number of hydrogen-bond acceptors (Lipinski definition) is 4. The van der Waals surface area contributed by atoms with Crippen molar-refractivity contribution in [1.29, 1.82) is 0 Å². The van der Waals surface area contributed by atoms with E-state index in [4.69, 9.17) is 14.2 Å². The first-order valence-electron chi connectivity index (χ1n) is 7.67. The highest BCUT2D eigenvalue weighted by Crippen LogP contribution is 2.50. The summed E-state index contributed by atoms with van der Waals surface area (Å²) < 4.78 is 17.9. The van der Waals surface area contributed by atoms with E-state index in [1.54, 1.807) is 0 Å². The standard InChI is InChI=1S/C17H22O4/c1-10-4-6-11(7-5-10)17(18)8-12-14-15(13(9-17)19-12)21-16(2,3)20-14/h4-7,12-15,18H,8-9H2,1-3H3/t12-,13+,14-,15+,17?. The summed E-state index contributed by atoms with van der Waals surface area (Å²) in [7, 11) is 0. The molecule has 1 aromatic rings. The maximum absolute atomic E-state index is 11.1. The molecule has 1 N–H and O–H groups in total. The van der Waals surface area contributed by atoms with Crippen LogP contribution in [0.1, 0.15) is 37.8 Å². The molecule has 5 atom stereocenters. The minimum Gasteiger partial charge on any atom is -0.385 e. The Bertz CT molecular complexity index is 528. The van der Waals surface area contributed by atoms with Crippen LogP contribution in [0.5, 0.6) is 0 Å². The second-order valence-corrected chi connectivity index (χ2v) is 7.08. The molecule has 3 fully saturated rings. The molecular weight excluding hydrogens is 268 g/mol. The lowest BCUT2D eigenvalue weighted by atomic mass is 9.83. The fourth-order valence-corrected chi connectivity index (χ4v) is 3.95. The van der Waals surface area contributed by atoms with Crippen molar-refractivity contribution in [3.8, 4) is 0 Å². The summed E-state index contributed by atoms with van der Waals surface area (Å²) in [6.45, 7) is 5.93. The molecule has 0 radical (unpaired) electrons. The van der Waals surface area contributed by atoms with Crippen LogP contribution in [-0.4, -0.2) is 35.3 Å². The smallest absolute Gasteiger partial charge is 0.164 e. The Hall–Kier alpha value is -0.940. The van der Waals surface area contributed by atoms with Gasteiger partial charge in [0.1, 0.15) is 12.2 Å². The lowest BCUT2D eigenvalue weighted by Crippen LogP contribution is -2.42. The highest BCUT2D eigenvalue weighted by atomic mass is 16.8. The Morgan fingerprint density at radius 2 is 1.52 bits per heavy atom. The quantitative estimate of drug-likeness (QED) is 0.862. The number of rotatable bonds is 1. The molecule has 0 aliphatic carbocycles. The van der Waals surface area contributed by atoms with Crippen molar-refractivity contribution in [3.05, 3.63) is 35.4 Å². The summed E-state index contributed by atoms with van der Waals surface area (Å²) in [6, 6.07) is 8.12. The van der Waals surface area contributed by atoms with E-state index < -0.39 is 11.4 Å². The van der Waals surface area contributed by atoms with Gasteiger partial charge in [0, 0.05) is 12.8 Å². The lowest BCUT2D eigenvalue weighted by Gasteiger charge is -2.38. The third-order valence-corrected chi connectivity index (χ3v) is 4.91. The van der Waals surface area contributed by atoms with Gasteiger partial charge in [-0.2, -0.15) is 0 Å². The molecule has 21 heavy (non-hydrogen) atoms. The lowest BCUT2D eigenvalue weighted by molar-refractivity contribution is -0.215. The Kier molecular flexibility index (Phi) is 2.80. The molecule has 1 aromatic carbocycles. The summed E-state index contributed by atoms with van der Waals surface area (Å²) >= 11 is 0. The zero-order chi connectivity index (χ0) is 14.8. The Morgan fingerprint density at radius 1 is 1.00 bits per heavy atom. The van der Waals surface area contributed by atoms with Crippen LogP contribution in [0.3, 0.4) is 0 Å². The molecular formula is C17H22O4. The number of fused-ring (bicyclic) bond motifs is 5. The SMILES string of the molecule is Cc1ccc(C2(O)C[C@@H]3O[C@H](C2)[C@H]2OC(C)(C)O[C@H]23)cc1. The average Bonchev–Trinajstić information content (AvgIpc) is 2.84. The van der Waals surface area contributed by atoms with Crippen LogP contribution >= 0.6 is 0 Å². The zero-order valence-electron chi connectivity index (χ0n) is 12.7. The van der Waals surface area contributed by atoms with Crippen molar-refractivity contribution in [2.75, 3.05) is 0 Å². The average molecular weight is 290 g/mol. The minimum atomic E-state index is -0.845. The maximum Gasteiger partial charge on any atom is 0.164 e. The van der Waals surface area contributed by atoms with E-state index in [2.05, 4.69) is 6.92 Å². The second kappa shape index (κ2) is 4.29. The van der Waals surface area contributed by atoms with Crippen molar-refractivity contribution in [3.63, 3.8) is 0 Å². The zero-order valence-corrected chi connectivity index (χ0v) is 12.7. The number of aryl methyl sites for hydroxylation is 1. The van der Waals surface area contributed by atoms with Gasteiger partial charge in [-0.05, 0) is 26.3 Å². The first-order valence-corrected chi connectivity index (χ1v) is 7.67. The molecule has 4 nitrogen and oxygen atoms in total. The molecule has 3 aliphatic heterocycles. The fourth-order valence-electron chi connectivity index (χ4n) is 3.95. The van der Waals surface area contributed by atoms with Crippen LogP contribution in [-0.2, 0) is 19.8 Å². The normalized spacial score (nSPS) is 43.8. The van der Waals surface area contributed by atoms with Gasteiger partial charge in [-0.1, -0.05) is 29.8 Å². The van der Waals surface area contributed by atoms with Gasteiger partial charge >= 0.3 is 0 Å². The molecule has 114 valence electrons. The van der Waals surface area contributed by atoms with Crippen LogP contribution in [0.2, 0.25) is 0 Å². The van der Waals surface area contributed by atoms with Crippen molar-refractivity contribution in [2.24, 2.45) is 0 Å².